The third-order valence-corrected chi connectivity index (χ3v) is 5.50. The summed E-state index contributed by atoms with van der Waals surface area (Å²) in [6.45, 7) is 7.58. The highest BCUT2D eigenvalue weighted by atomic mass is 15.3. The maximum absolute atomic E-state index is 6.31. The van der Waals surface area contributed by atoms with Crippen LogP contribution < -0.4 is 5.73 Å². The van der Waals surface area contributed by atoms with Gasteiger partial charge in [0, 0.05) is 37.8 Å². The van der Waals surface area contributed by atoms with Gasteiger partial charge in [0.15, 0.2) is 0 Å². The Morgan fingerprint density at radius 3 is 2.72 bits per heavy atom. The molecule has 2 N–H and O–H groups in total. The summed E-state index contributed by atoms with van der Waals surface area (Å²) in [4.78, 5) is 5.45. The van der Waals surface area contributed by atoms with Gasteiger partial charge in [-0.05, 0) is 45.1 Å². The topological polar surface area (TPSA) is 32.5 Å². The lowest BCUT2D eigenvalue weighted by Gasteiger charge is -2.44. The van der Waals surface area contributed by atoms with E-state index >= 15 is 0 Å². The molecule has 1 aliphatic carbocycles. The molecule has 4 unspecified atom stereocenters. The van der Waals surface area contributed by atoms with Crippen molar-refractivity contribution in [3.63, 3.8) is 0 Å². The first-order chi connectivity index (χ1) is 8.74. The molecule has 0 radical (unpaired) electrons. The van der Waals surface area contributed by atoms with Crippen LogP contribution in [0.3, 0.4) is 0 Å². The SMILES string of the molecule is CC1CN2CCCC2CN1CC1CCCCC1N. The van der Waals surface area contributed by atoms with Crippen molar-refractivity contribution in [1.82, 2.24) is 9.80 Å². The smallest absolute Gasteiger partial charge is 0.0224 e. The lowest BCUT2D eigenvalue weighted by Crippen LogP contribution is -2.57. The van der Waals surface area contributed by atoms with E-state index in [1.54, 1.807) is 0 Å². The van der Waals surface area contributed by atoms with Gasteiger partial charge < -0.3 is 5.73 Å². The molecule has 0 aromatic rings. The fourth-order valence-electron chi connectivity index (χ4n) is 4.27. The van der Waals surface area contributed by atoms with Crippen LogP contribution in [0.25, 0.3) is 0 Å². The van der Waals surface area contributed by atoms with Gasteiger partial charge in [-0.15, -0.1) is 0 Å². The zero-order valence-corrected chi connectivity index (χ0v) is 11.9. The number of nitrogens with two attached hydrogens (primary N) is 1. The number of fused-ring (bicyclic) bond motifs is 1. The third kappa shape index (κ3) is 2.59. The molecule has 3 aliphatic rings. The van der Waals surface area contributed by atoms with Gasteiger partial charge in [-0.3, -0.25) is 9.80 Å². The van der Waals surface area contributed by atoms with Crippen molar-refractivity contribution in [2.75, 3.05) is 26.2 Å². The van der Waals surface area contributed by atoms with Gasteiger partial charge in [0.25, 0.3) is 0 Å². The van der Waals surface area contributed by atoms with Crippen molar-refractivity contribution in [3.8, 4) is 0 Å². The predicted molar refractivity (Wildman–Crippen MR) is 75.6 cm³/mol. The highest BCUT2D eigenvalue weighted by Gasteiger charge is 2.36. The Kier molecular flexibility index (Phi) is 3.92. The van der Waals surface area contributed by atoms with Gasteiger partial charge in [0.2, 0.25) is 0 Å². The largest absolute Gasteiger partial charge is 0.327 e. The van der Waals surface area contributed by atoms with E-state index in [2.05, 4.69) is 16.7 Å². The van der Waals surface area contributed by atoms with Crippen molar-refractivity contribution < 1.29 is 0 Å². The van der Waals surface area contributed by atoms with Gasteiger partial charge in [0.05, 0.1) is 0 Å². The number of nitrogens with zero attached hydrogens (tertiary/aromatic N) is 2. The zero-order valence-electron chi connectivity index (χ0n) is 11.9. The minimum absolute atomic E-state index is 0.465. The third-order valence-electron chi connectivity index (χ3n) is 5.50. The van der Waals surface area contributed by atoms with Crippen LogP contribution in [-0.2, 0) is 0 Å². The van der Waals surface area contributed by atoms with Crippen LogP contribution >= 0.6 is 0 Å². The Labute approximate surface area is 112 Å². The first-order valence-corrected chi connectivity index (χ1v) is 7.97. The second-order valence-electron chi connectivity index (χ2n) is 6.80. The Morgan fingerprint density at radius 2 is 1.89 bits per heavy atom. The maximum atomic E-state index is 6.31. The highest BCUT2D eigenvalue weighted by Crippen LogP contribution is 2.28. The molecule has 0 spiro atoms. The molecule has 3 fully saturated rings. The second kappa shape index (κ2) is 5.48. The Hall–Kier alpha value is -0.120. The van der Waals surface area contributed by atoms with Crippen LogP contribution in [0.4, 0.5) is 0 Å². The average Bonchev–Trinajstić information content (AvgIpc) is 2.79. The standard InChI is InChI=1S/C15H29N3/c1-12-9-17-8-4-6-14(17)11-18(12)10-13-5-2-3-7-15(13)16/h12-15H,2-11,16H2,1H3. The van der Waals surface area contributed by atoms with Crippen LogP contribution in [0.1, 0.15) is 45.4 Å². The maximum Gasteiger partial charge on any atom is 0.0224 e. The second-order valence-corrected chi connectivity index (χ2v) is 6.80. The molecule has 18 heavy (non-hydrogen) atoms. The molecule has 2 heterocycles. The molecule has 0 amide bonds. The van der Waals surface area contributed by atoms with Crippen molar-refractivity contribution in [3.05, 3.63) is 0 Å². The van der Waals surface area contributed by atoms with E-state index in [9.17, 15) is 0 Å². The van der Waals surface area contributed by atoms with Crippen molar-refractivity contribution in [1.29, 1.82) is 0 Å². The fourth-order valence-corrected chi connectivity index (χ4v) is 4.27. The van der Waals surface area contributed by atoms with E-state index in [0.29, 0.717) is 6.04 Å². The quantitative estimate of drug-likeness (QED) is 0.810. The number of hydrogen-bond donors (Lipinski definition) is 1. The van der Waals surface area contributed by atoms with E-state index in [4.69, 9.17) is 5.73 Å². The highest BCUT2D eigenvalue weighted by molar-refractivity contribution is 4.92. The molecule has 0 aromatic heterocycles. The van der Waals surface area contributed by atoms with Gasteiger partial charge in [-0.1, -0.05) is 12.8 Å². The molecule has 3 heteroatoms. The van der Waals surface area contributed by atoms with E-state index < -0.39 is 0 Å². The Balaban J connectivity index is 1.58. The number of rotatable bonds is 2. The van der Waals surface area contributed by atoms with E-state index in [1.165, 1.54) is 64.7 Å². The van der Waals surface area contributed by atoms with Crippen molar-refractivity contribution in [2.45, 2.75) is 63.6 Å². The summed E-state index contributed by atoms with van der Waals surface area (Å²) in [5, 5.41) is 0. The van der Waals surface area contributed by atoms with Gasteiger partial charge in [-0.25, -0.2) is 0 Å². The van der Waals surface area contributed by atoms with Gasteiger partial charge in [0.1, 0.15) is 0 Å². The van der Waals surface area contributed by atoms with E-state index in [0.717, 1.165) is 18.0 Å². The summed E-state index contributed by atoms with van der Waals surface area (Å²) in [5.41, 5.74) is 6.31. The predicted octanol–water partition coefficient (Wildman–Crippen LogP) is 1.67. The normalized spacial score (nSPS) is 43.0. The molecular weight excluding hydrogens is 222 g/mol. The lowest BCUT2D eigenvalue weighted by molar-refractivity contribution is 0.0405. The fraction of sp³-hybridized carbons (Fsp3) is 1.00. The zero-order chi connectivity index (χ0) is 12.5. The van der Waals surface area contributed by atoms with Crippen LogP contribution in [0, 0.1) is 5.92 Å². The molecule has 2 saturated heterocycles. The van der Waals surface area contributed by atoms with Crippen LogP contribution in [-0.4, -0.2) is 54.1 Å². The average molecular weight is 251 g/mol. The van der Waals surface area contributed by atoms with Crippen molar-refractivity contribution in [2.24, 2.45) is 11.7 Å². The first kappa shape index (κ1) is 12.9. The molecule has 3 nitrogen and oxygen atoms in total. The molecule has 0 aromatic carbocycles. The summed E-state index contributed by atoms with van der Waals surface area (Å²) < 4.78 is 0. The van der Waals surface area contributed by atoms with Crippen molar-refractivity contribution >= 4 is 0 Å². The molecule has 1 saturated carbocycles. The molecule has 0 bridgehead atoms. The van der Waals surface area contributed by atoms with Gasteiger partial charge in [-0.2, -0.15) is 0 Å². The summed E-state index contributed by atoms with van der Waals surface area (Å²) in [6.07, 6.45) is 8.19. The first-order valence-electron chi connectivity index (χ1n) is 7.97. The Morgan fingerprint density at radius 1 is 1.06 bits per heavy atom. The molecule has 4 atom stereocenters. The summed E-state index contributed by atoms with van der Waals surface area (Å²) in [6, 6.07) is 2.04. The molecule has 3 rings (SSSR count). The monoisotopic (exact) mass is 251 g/mol. The Bertz CT molecular complexity index is 281. The summed E-state index contributed by atoms with van der Waals surface area (Å²) in [5.74, 6) is 0.758. The van der Waals surface area contributed by atoms with Crippen LogP contribution in [0.15, 0.2) is 0 Å². The van der Waals surface area contributed by atoms with E-state index in [-0.39, 0.29) is 0 Å². The number of hydrogen-bond acceptors (Lipinski definition) is 3. The summed E-state index contributed by atoms with van der Waals surface area (Å²) >= 11 is 0. The van der Waals surface area contributed by atoms with E-state index in [1.807, 2.05) is 0 Å². The molecule has 104 valence electrons. The minimum atomic E-state index is 0.465. The summed E-state index contributed by atoms with van der Waals surface area (Å²) in [7, 11) is 0. The molecular formula is C15H29N3. The van der Waals surface area contributed by atoms with Gasteiger partial charge >= 0.3 is 0 Å². The number of piperazine rings is 1. The minimum Gasteiger partial charge on any atom is -0.327 e. The van der Waals surface area contributed by atoms with Crippen LogP contribution in [0.2, 0.25) is 0 Å². The lowest BCUT2D eigenvalue weighted by atomic mass is 9.84. The molecule has 2 aliphatic heterocycles. The van der Waals surface area contributed by atoms with Crippen LogP contribution in [0.5, 0.6) is 0 Å².